The van der Waals surface area contributed by atoms with Gasteiger partial charge in [0, 0.05) is 5.92 Å². The van der Waals surface area contributed by atoms with Crippen molar-refractivity contribution < 1.29 is 38.2 Å². The van der Waals surface area contributed by atoms with Crippen LogP contribution in [0.3, 0.4) is 0 Å². The number of hydrogen-bond donors (Lipinski definition) is 0. The molecule has 0 saturated heterocycles. The standard InChI is InChI=1S/C17H24O8/c1-5-23-15(20)11-9(4)10(8-18)12(14(11)19)13(16(21)24-6-2)17(22)25-7-3/h8-13H,5-7H2,1-4H3/t9-,10-,11+,12-/m1/s1. The van der Waals surface area contributed by atoms with Gasteiger partial charge in [-0.1, -0.05) is 6.92 Å². The molecule has 1 fully saturated rings. The van der Waals surface area contributed by atoms with Crippen molar-refractivity contribution in [3.8, 4) is 0 Å². The Morgan fingerprint density at radius 2 is 1.48 bits per heavy atom. The van der Waals surface area contributed by atoms with Gasteiger partial charge in [-0.05, 0) is 26.7 Å². The molecule has 8 nitrogen and oxygen atoms in total. The maximum atomic E-state index is 12.8. The SMILES string of the molecule is CCOC(=O)C(C(=O)OCC)[C@@H]1C(=O)[C@@H](C(=O)OCC)[C@H](C)[C@H]1C=O. The van der Waals surface area contributed by atoms with Crippen molar-refractivity contribution in [1.29, 1.82) is 0 Å². The molecule has 0 heterocycles. The van der Waals surface area contributed by atoms with Gasteiger partial charge in [0.05, 0.1) is 25.7 Å². The van der Waals surface area contributed by atoms with Gasteiger partial charge < -0.3 is 19.0 Å². The van der Waals surface area contributed by atoms with Gasteiger partial charge in [-0.3, -0.25) is 19.2 Å². The van der Waals surface area contributed by atoms with E-state index in [2.05, 4.69) is 0 Å². The van der Waals surface area contributed by atoms with Crippen LogP contribution in [0.2, 0.25) is 0 Å². The van der Waals surface area contributed by atoms with Crippen LogP contribution in [0.4, 0.5) is 0 Å². The van der Waals surface area contributed by atoms with Crippen LogP contribution in [-0.2, 0) is 38.2 Å². The van der Waals surface area contributed by atoms with E-state index in [1.807, 2.05) is 0 Å². The second-order valence-corrected chi connectivity index (χ2v) is 5.71. The third kappa shape index (κ3) is 4.24. The summed E-state index contributed by atoms with van der Waals surface area (Å²) in [7, 11) is 0. The highest BCUT2D eigenvalue weighted by atomic mass is 16.6. The molecule has 0 unspecified atom stereocenters. The summed E-state index contributed by atoms with van der Waals surface area (Å²) >= 11 is 0. The molecule has 0 amide bonds. The lowest BCUT2D eigenvalue weighted by Crippen LogP contribution is -2.40. The van der Waals surface area contributed by atoms with E-state index >= 15 is 0 Å². The minimum atomic E-state index is -1.58. The highest BCUT2D eigenvalue weighted by molar-refractivity contribution is 6.09. The molecule has 1 rings (SSSR count). The topological polar surface area (TPSA) is 113 Å². The fourth-order valence-corrected chi connectivity index (χ4v) is 3.22. The van der Waals surface area contributed by atoms with E-state index in [0.717, 1.165) is 0 Å². The highest BCUT2D eigenvalue weighted by Crippen LogP contribution is 2.43. The van der Waals surface area contributed by atoms with Crippen LogP contribution in [0.15, 0.2) is 0 Å². The molecule has 25 heavy (non-hydrogen) atoms. The first-order valence-electron chi connectivity index (χ1n) is 8.34. The molecule has 0 radical (unpaired) electrons. The van der Waals surface area contributed by atoms with Gasteiger partial charge in [0.15, 0.2) is 11.7 Å². The molecule has 8 heteroatoms. The van der Waals surface area contributed by atoms with Gasteiger partial charge in [-0.2, -0.15) is 0 Å². The molecule has 4 atom stereocenters. The molecule has 0 aromatic heterocycles. The average molecular weight is 356 g/mol. The number of Topliss-reactive ketones (excluding diaryl/α,β-unsaturated/α-hetero) is 1. The van der Waals surface area contributed by atoms with Crippen molar-refractivity contribution in [2.45, 2.75) is 27.7 Å². The van der Waals surface area contributed by atoms with Gasteiger partial charge in [0.25, 0.3) is 0 Å². The molecule has 0 aromatic carbocycles. The Bertz CT molecular complexity index is 523. The molecular formula is C17H24O8. The Kier molecular flexibility index (Phi) is 7.73. The minimum Gasteiger partial charge on any atom is -0.465 e. The number of ketones is 1. The first kappa shape index (κ1) is 20.8. The van der Waals surface area contributed by atoms with Crippen LogP contribution in [0.1, 0.15) is 27.7 Å². The van der Waals surface area contributed by atoms with E-state index in [1.165, 1.54) is 0 Å². The van der Waals surface area contributed by atoms with Gasteiger partial charge >= 0.3 is 17.9 Å². The van der Waals surface area contributed by atoms with Crippen molar-refractivity contribution in [3.05, 3.63) is 0 Å². The number of ether oxygens (including phenoxy) is 3. The number of rotatable bonds is 8. The lowest BCUT2D eigenvalue weighted by Gasteiger charge is -2.22. The average Bonchev–Trinajstić information content (AvgIpc) is 2.79. The van der Waals surface area contributed by atoms with Gasteiger partial charge in [0.2, 0.25) is 0 Å². The summed E-state index contributed by atoms with van der Waals surface area (Å²) in [5.74, 6) is -9.09. The van der Waals surface area contributed by atoms with E-state index in [9.17, 15) is 24.0 Å². The van der Waals surface area contributed by atoms with Gasteiger partial charge in [0.1, 0.15) is 12.2 Å². The quantitative estimate of drug-likeness (QED) is 0.268. The predicted octanol–water partition coefficient (Wildman–Crippen LogP) is 0.558. The van der Waals surface area contributed by atoms with E-state index in [0.29, 0.717) is 6.29 Å². The molecule has 140 valence electrons. The van der Waals surface area contributed by atoms with Gasteiger partial charge in [-0.15, -0.1) is 0 Å². The molecular weight excluding hydrogens is 332 g/mol. The normalized spacial score (nSPS) is 25.6. The monoisotopic (exact) mass is 356 g/mol. The van der Waals surface area contributed by atoms with Gasteiger partial charge in [-0.25, -0.2) is 0 Å². The van der Waals surface area contributed by atoms with Crippen molar-refractivity contribution in [3.63, 3.8) is 0 Å². The zero-order chi connectivity index (χ0) is 19.1. The lowest BCUT2D eigenvalue weighted by atomic mass is 9.81. The molecule has 1 saturated carbocycles. The summed E-state index contributed by atoms with van der Waals surface area (Å²) in [4.78, 5) is 60.9. The van der Waals surface area contributed by atoms with Crippen LogP contribution in [0.25, 0.3) is 0 Å². The lowest BCUT2D eigenvalue weighted by molar-refractivity contribution is -0.167. The fraction of sp³-hybridized carbons (Fsp3) is 0.706. The maximum Gasteiger partial charge on any atom is 0.321 e. The Morgan fingerprint density at radius 3 is 1.88 bits per heavy atom. The van der Waals surface area contributed by atoms with Crippen molar-refractivity contribution >= 4 is 30.0 Å². The van der Waals surface area contributed by atoms with E-state index in [-0.39, 0.29) is 19.8 Å². The summed E-state index contributed by atoms with van der Waals surface area (Å²) < 4.78 is 14.7. The number of carbonyl (C=O) groups is 5. The first-order chi connectivity index (χ1) is 11.8. The van der Waals surface area contributed by atoms with Crippen LogP contribution >= 0.6 is 0 Å². The summed E-state index contributed by atoms with van der Waals surface area (Å²) in [6, 6.07) is 0. The molecule has 1 aliphatic rings. The van der Waals surface area contributed by atoms with Crippen molar-refractivity contribution in [2.75, 3.05) is 19.8 Å². The Hall–Kier alpha value is -2.25. The predicted molar refractivity (Wildman–Crippen MR) is 84.1 cm³/mol. The van der Waals surface area contributed by atoms with E-state index in [1.54, 1.807) is 27.7 Å². The summed E-state index contributed by atoms with van der Waals surface area (Å²) in [5, 5.41) is 0. The fourth-order valence-electron chi connectivity index (χ4n) is 3.22. The van der Waals surface area contributed by atoms with E-state index in [4.69, 9.17) is 14.2 Å². The summed E-state index contributed by atoms with van der Waals surface area (Å²) in [6.07, 6.45) is 0.498. The molecule has 1 aliphatic carbocycles. The molecule has 0 aliphatic heterocycles. The Morgan fingerprint density at radius 1 is 1.00 bits per heavy atom. The zero-order valence-corrected chi connectivity index (χ0v) is 14.9. The number of hydrogen-bond acceptors (Lipinski definition) is 8. The van der Waals surface area contributed by atoms with Crippen LogP contribution < -0.4 is 0 Å². The smallest absolute Gasteiger partial charge is 0.321 e. The third-order valence-corrected chi connectivity index (χ3v) is 4.32. The molecule has 0 aromatic rings. The van der Waals surface area contributed by atoms with Crippen LogP contribution in [0.5, 0.6) is 0 Å². The number of esters is 3. The summed E-state index contributed by atoms with van der Waals surface area (Å²) in [6.45, 7) is 6.32. The Labute approximate surface area is 146 Å². The molecule has 0 N–H and O–H groups in total. The number of carbonyl (C=O) groups excluding carboxylic acids is 5. The second-order valence-electron chi connectivity index (χ2n) is 5.71. The van der Waals surface area contributed by atoms with Crippen LogP contribution in [-0.4, -0.2) is 49.8 Å². The molecule has 0 spiro atoms. The zero-order valence-electron chi connectivity index (χ0n) is 14.9. The second kappa shape index (κ2) is 9.29. The third-order valence-electron chi connectivity index (χ3n) is 4.32. The molecule has 0 bridgehead atoms. The highest BCUT2D eigenvalue weighted by Gasteiger charge is 2.58. The largest absolute Gasteiger partial charge is 0.465 e. The number of aldehydes is 1. The van der Waals surface area contributed by atoms with E-state index < -0.39 is 53.3 Å². The maximum absolute atomic E-state index is 12.8. The van der Waals surface area contributed by atoms with Crippen LogP contribution in [0, 0.1) is 29.6 Å². The minimum absolute atomic E-state index is 0.00172. The first-order valence-corrected chi connectivity index (χ1v) is 8.34. The van der Waals surface area contributed by atoms with Crippen molar-refractivity contribution in [1.82, 2.24) is 0 Å². The summed E-state index contributed by atoms with van der Waals surface area (Å²) in [5.41, 5.74) is 0. The Balaban J connectivity index is 3.28. The van der Waals surface area contributed by atoms with Crippen molar-refractivity contribution in [2.24, 2.45) is 29.6 Å².